The van der Waals surface area contributed by atoms with Crippen LogP contribution in [0.15, 0.2) is 36.4 Å². The summed E-state index contributed by atoms with van der Waals surface area (Å²) in [5.41, 5.74) is -0.248. The first-order valence-corrected chi connectivity index (χ1v) is 5.92. The van der Waals surface area contributed by atoms with Crippen LogP contribution in [0.5, 0.6) is 17.2 Å². The van der Waals surface area contributed by atoms with E-state index in [4.69, 9.17) is 33.0 Å². The highest BCUT2D eigenvalue weighted by Gasteiger charge is 2.12. The molecule has 0 saturated heterocycles. The standard InChI is InChI=1S/C13H8Cl2O4/c14-7-1-4-12(10(15)5-7)19-8-2-3-11(16)9(6-8)13(17)18/h1-6,16H,(H,17,18). The Hall–Kier alpha value is -1.91. The van der Waals surface area contributed by atoms with Crippen LogP contribution in [-0.4, -0.2) is 16.2 Å². The molecule has 0 bridgehead atoms. The zero-order chi connectivity index (χ0) is 14.0. The van der Waals surface area contributed by atoms with E-state index in [2.05, 4.69) is 0 Å². The highest BCUT2D eigenvalue weighted by atomic mass is 35.5. The van der Waals surface area contributed by atoms with Crippen molar-refractivity contribution >= 4 is 29.2 Å². The van der Waals surface area contributed by atoms with E-state index in [1.165, 1.54) is 24.3 Å². The van der Waals surface area contributed by atoms with E-state index >= 15 is 0 Å². The predicted octanol–water partition coefficient (Wildman–Crippen LogP) is 4.19. The minimum Gasteiger partial charge on any atom is -0.507 e. The molecule has 0 aliphatic rings. The fourth-order valence-electron chi connectivity index (χ4n) is 1.43. The number of phenols is 1. The van der Waals surface area contributed by atoms with Gasteiger partial charge in [-0.3, -0.25) is 0 Å². The molecule has 0 amide bonds. The highest BCUT2D eigenvalue weighted by Crippen LogP contribution is 2.33. The van der Waals surface area contributed by atoms with Gasteiger partial charge in [0.25, 0.3) is 0 Å². The van der Waals surface area contributed by atoms with E-state index in [1.807, 2.05) is 0 Å². The monoisotopic (exact) mass is 298 g/mol. The Labute approximate surface area is 118 Å². The minimum absolute atomic E-state index is 0.248. The number of aromatic hydroxyl groups is 1. The lowest BCUT2D eigenvalue weighted by molar-refractivity contribution is 0.0693. The van der Waals surface area contributed by atoms with Crippen molar-refractivity contribution in [3.05, 3.63) is 52.0 Å². The summed E-state index contributed by atoms with van der Waals surface area (Å²) in [7, 11) is 0. The Morgan fingerprint density at radius 3 is 2.47 bits per heavy atom. The van der Waals surface area contributed by atoms with E-state index in [0.717, 1.165) is 0 Å². The van der Waals surface area contributed by atoms with Crippen LogP contribution in [-0.2, 0) is 0 Å². The van der Waals surface area contributed by atoms with Gasteiger partial charge in [0, 0.05) is 5.02 Å². The maximum Gasteiger partial charge on any atom is 0.339 e. The number of carboxylic acids is 1. The fraction of sp³-hybridized carbons (Fsp3) is 0. The molecule has 2 N–H and O–H groups in total. The number of ether oxygens (including phenoxy) is 1. The summed E-state index contributed by atoms with van der Waals surface area (Å²) in [5, 5.41) is 19.0. The zero-order valence-corrected chi connectivity index (χ0v) is 10.9. The van der Waals surface area contributed by atoms with Gasteiger partial charge in [0.1, 0.15) is 22.8 Å². The lowest BCUT2D eigenvalue weighted by atomic mass is 10.2. The van der Waals surface area contributed by atoms with Gasteiger partial charge in [-0.1, -0.05) is 23.2 Å². The topological polar surface area (TPSA) is 66.8 Å². The number of hydrogen-bond donors (Lipinski definition) is 2. The third-order valence-corrected chi connectivity index (χ3v) is 2.85. The normalized spacial score (nSPS) is 10.2. The number of benzene rings is 2. The molecule has 2 rings (SSSR count). The van der Waals surface area contributed by atoms with Crippen LogP contribution in [0.4, 0.5) is 0 Å². The van der Waals surface area contributed by atoms with Crippen molar-refractivity contribution in [1.82, 2.24) is 0 Å². The lowest BCUT2D eigenvalue weighted by Gasteiger charge is -2.09. The first kappa shape index (κ1) is 13.5. The maximum absolute atomic E-state index is 10.9. The molecule has 0 radical (unpaired) electrons. The summed E-state index contributed by atoms with van der Waals surface area (Å²) in [6, 6.07) is 8.56. The number of carboxylic acid groups (broad SMARTS) is 1. The SMILES string of the molecule is O=C(O)c1cc(Oc2ccc(Cl)cc2Cl)ccc1O. The van der Waals surface area contributed by atoms with Crippen LogP contribution >= 0.6 is 23.2 Å². The molecule has 98 valence electrons. The summed E-state index contributed by atoms with van der Waals surface area (Å²) < 4.78 is 5.44. The van der Waals surface area contributed by atoms with E-state index < -0.39 is 5.97 Å². The molecule has 2 aromatic rings. The summed E-state index contributed by atoms with van der Waals surface area (Å²) in [4.78, 5) is 10.9. The second-order valence-corrected chi connectivity index (χ2v) is 4.50. The van der Waals surface area contributed by atoms with Crippen LogP contribution in [0.25, 0.3) is 0 Å². The van der Waals surface area contributed by atoms with Crippen molar-refractivity contribution in [2.24, 2.45) is 0 Å². The summed E-state index contributed by atoms with van der Waals surface area (Å²) in [6.45, 7) is 0. The lowest BCUT2D eigenvalue weighted by Crippen LogP contribution is -1.97. The van der Waals surface area contributed by atoms with E-state index in [1.54, 1.807) is 12.1 Å². The Bertz CT molecular complexity index is 641. The van der Waals surface area contributed by atoms with Crippen LogP contribution in [0.2, 0.25) is 10.0 Å². The van der Waals surface area contributed by atoms with Gasteiger partial charge in [0.05, 0.1) is 5.02 Å². The summed E-state index contributed by atoms with van der Waals surface area (Å²) >= 11 is 11.7. The molecule has 0 aliphatic carbocycles. The molecule has 0 spiro atoms. The van der Waals surface area contributed by atoms with Gasteiger partial charge < -0.3 is 14.9 Å². The van der Waals surface area contributed by atoms with Crippen molar-refractivity contribution in [1.29, 1.82) is 0 Å². The molecule has 0 heterocycles. The fourth-order valence-corrected chi connectivity index (χ4v) is 1.88. The first-order valence-electron chi connectivity index (χ1n) is 5.16. The first-order chi connectivity index (χ1) is 8.97. The average molecular weight is 299 g/mol. The Balaban J connectivity index is 2.33. The van der Waals surface area contributed by atoms with E-state index in [-0.39, 0.29) is 17.1 Å². The minimum atomic E-state index is -1.25. The molecule has 0 aromatic heterocycles. The summed E-state index contributed by atoms with van der Waals surface area (Å²) in [5.74, 6) is -0.986. The number of hydrogen-bond acceptors (Lipinski definition) is 3. The molecule has 2 aromatic carbocycles. The van der Waals surface area contributed by atoms with Crippen LogP contribution < -0.4 is 4.74 Å². The molecule has 4 nitrogen and oxygen atoms in total. The quantitative estimate of drug-likeness (QED) is 0.891. The molecule has 6 heteroatoms. The van der Waals surface area contributed by atoms with Crippen LogP contribution in [0.1, 0.15) is 10.4 Å². The third-order valence-electron chi connectivity index (χ3n) is 2.32. The van der Waals surface area contributed by atoms with E-state index in [9.17, 15) is 9.90 Å². The Morgan fingerprint density at radius 1 is 1.11 bits per heavy atom. The van der Waals surface area contributed by atoms with Gasteiger partial charge in [-0.05, 0) is 36.4 Å². The Morgan fingerprint density at radius 2 is 1.84 bits per heavy atom. The number of rotatable bonds is 3. The third kappa shape index (κ3) is 3.10. The van der Waals surface area contributed by atoms with Gasteiger partial charge in [0.15, 0.2) is 0 Å². The van der Waals surface area contributed by atoms with Gasteiger partial charge in [-0.2, -0.15) is 0 Å². The van der Waals surface area contributed by atoms with Gasteiger partial charge >= 0.3 is 5.97 Å². The van der Waals surface area contributed by atoms with Crippen molar-refractivity contribution in [3.63, 3.8) is 0 Å². The second-order valence-electron chi connectivity index (χ2n) is 3.66. The maximum atomic E-state index is 10.9. The average Bonchev–Trinajstić information content (AvgIpc) is 2.34. The molecule has 0 atom stereocenters. The molecular formula is C13H8Cl2O4. The molecule has 0 fully saturated rings. The van der Waals surface area contributed by atoms with Crippen molar-refractivity contribution in [2.45, 2.75) is 0 Å². The van der Waals surface area contributed by atoms with Crippen molar-refractivity contribution in [2.75, 3.05) is 0 Å². The van der Waals surface area contributed by atoms with Crippen molar-refractivity contribution < 1.29 is 19.7 Å². The smallest absolute Gasteiger partial charge is 0.339 e. The number of carbonyl (C=O) groups is 1. The second kappa shape index (κ2) is 5.38. The largest absolute Gasteiger partial charge is 0.507 e. The van der Waals surface area contributed by atoms with Gasteiger partial charge in [0.2, 0.25) is 0 Å². The highest BCUT2D eigenvalue weighted by molar-refractivity contribution is 6.35. The molecular weight excluding hydrogens is 291 g/mol. The number of aromatic carboxylic acids is 1. The van der Waals surface area contributed by atoms with Crippen molar-refractivity contribution in [3.8, 4) is 17.2 Å². The zero-order valence-electron chi connectivity index (χ0n) is 9.43. The number of halogens is 2. The Kier molecular flexibility index (Phi) is 3.83. The van der Waals surface area contributed by atoms with Crippen LogP contribution in [0, 0.1) is 0 Å². The summed E-state index contributed by atoms with van der Waals surface area (Å²) in [6.07, 6.45) is 0. The van der Waals surface area contributed by atoms with Crippen LogP contribution in [0.3, 0.4) is 0 Å². The van der Waals surface area contributed by atoms with E-state index in [0.29, 0.717) is 15.8 Å². The molecule has 0 aliphatic heterocycles. The molecule has 0 saturated carbocycles. The molecule has 19 heavy (non-hydrogen) atoms. The van der Waals surface area contributed by atoms with Gasteiger partial charge in [-0.15, -0.1) is 0 Å². The molecule has 0 unspecified atom stereocenters. The predicted molar refractivity (Wildman–Crippen MR) is 71.6 cm³/mol. The van der Waals surface area contributed by atoms with Gasteiger partial charge in [-0.25, -0.2) is 4.79 Å².